The molecule has 202 valence electrons. The molecule has 0 bridgehead atoms. The number of hydrogen-bond donors (Lipinski definition) is 0. The lowest BCUT2D eigenvalue weighted by Gasteiger charge is -2.26. The number of fused-ring (bicyclic) bond motifs is 8. The molecule has 0 aliphatic heterocycles. The first-order chi connectivity index (χ1) is 28.8. The van der Waals surface area contributed by atoms with Gasteiger partial charge in [0.2, 0.25) is 0 Å². The summed E-state index contributed by atoms with van der Waals surface area (Å²) in [5.41, 5.74) is -2.77. The van der Waals surface area contributed by atoms with E-state index in [9.17, 15) is 5.48 Å². The van der Waals surface area contributed by atoms with Crippen LogP contribution >= 0.6 is 0 Å². The van der Waals surface area contributed by atoms with Crippen molar-refractivity contribution in [2.75, 3.05) is 4.90 Å². The van der Waals surface area contributed by atoms with Gasteiger partial charge in [-0.05, 0) is 59.3 Å². The summed E-state index contributed by atoms with van der Waals surface area (Å²) >= 11 is 0. The molecule has 2 aromatic heterocycles. The Bertz CT molecular complexity index is 3460. The largest absolute Gasteiger partial charge is 0.455 e. The molecular formula is C40H25NO2. The van der Waals surface area contributed by atoms with Crippen LogP contribution in [0.25, 0.3) is 65.8 Å². The molecule has 0 unspecified atom stereocenters. The van der Waals surface area contributed by atoms with Gasteiger partial charge in [0.05, 0.1) is 35.7 Å². The first kappa shape index (κ1) is 12.2. The third-order valence-corrected chi connectivity index (χ3v) is 7.17. The summed E-state index contributed by atoms with van der Waals surface area (Å²) in [6, 6.07) is -2.40. The minimum Gasteiger partial charge on any atom is -0.455 e. The lowest BCUT2D eigenvalue weighted by molar-refractivity contribution is 0.670. The normalized spacial score (nSPS) is 17.6. The highest BCUT2D eigenvalue weighted by Gasteiger charge is 2.21. The summed E-state index contributed by atoms with van der Waals surface area (Å²) in [7, 11) is 0. The third-order valence-electron chi connectivity index (χ3n) is 7.17. The highest BCUT2D eigenvalue weighted by molar-refractivity contribution is 6.19. The van der Waals surface area contributed by atoms with Crippen molar-refractivity contribution in [3.05, 3.63) is 151 Å². The molecule has 0 saturated heterocycles. The van der Waals surface area contributed by atoms with Gasteiger partial charge in [-0.1, -0.05) is 103 Å². The van der Waals surface area contributed by atoms with Crippen LogP contribution in [-0.2, 0) is 0 Å². The number of anilines is 3. The number of nitrogens with zero attached hydrogens (tertiary/aromatic N) is 1. The van der Waals surface area contributed by atoms with Crippen LogP contribution in [0.4, 0.5) is 17.1 Å². The Hall–Kier alpha value is -5.80. The lowest BCUT2D eigenvalue weighted by Crippen LogP contribution is -2.10. The summed E-state index contributed by atoms with van der Waals surface area (Å²) in [5, 5.41) is -0.438. The highest BCUT2D eigenvalue weighted by Crippen LogP contribution is 2.45. The molecule has 7 aromatic carbocycles. The quantitative estimate of drug-likeness (QED) is 0.211. The fraction of sp³-hybridized carbons (Fsp3) is 0. The molecule has 3 heteroatoms. The zero-order chi connectivity index (χ0) is 44.0. The summed E-state index contributed by atoms with van der Waals surface area (Å²) < 4.78 is 173. The molecule has 0 saturated carbocycles. The van der Waals surface area contributed by atoms with Gasteiger partial charge in [0.1, 0.15) is 22.3 Å². The van der Waals surface area contributed by atoms with E-state index in [-0.39, 0.29) is 22.1 Å². The van der Waals surface area contributed by atoms with E-state index in [4.69, 9.17) is 28.0 Å². The van der Waals surface area contributed by atoms with Crippen molar-refractivity contribution in [1.29, 1.82) is 0 Å². The first-order valence-corrected chi connectivity index (χ1v) is 13.1. The molecule has 9 rings (SSSR count). The van der Waals surface area contributed by atoms with E-state index in [2.05, 4.69) is 0 Å². The maximum absolute atomic E-state index is 9.79. The number of furan rings is 2. The molecular weight excluding hydrogens is 526 g/mol. The smallest absolute Gasteiger partial charge is 0.143 e. The molecule has 0 aliphatic carbocycles. The fourth-order valence-electron chi connectivity index (χ4n) is 5.33. The van der Waals surface area contributed by atoms with Crippen molar-refractivity contribution >= 4 is 71.7 Å². The zero-order valence-electron chi connectivity index (χ0n) is 39.8. The Labute approximate surface area is 273 Å². The van der Waals surface area contributed by atoms with Crippen LogP contribution in [0.1, 0.15) is 24.7 Å². The van der Waals surface area contributed by atoms with Crippen molar-refractivity contribution in [3.63, 3.8) is 0 Å². The van der Waals surface area contributed by atoms with Gasteiger partial charge in [0.15, 0.2) is 0 Å². The van der Waals surface area contributed by atoms with E-state index in [1.165, 1.54) is 6.07 Å². The van der Waals surface area contributed by atoms with E-state index in [1.54, 1.807) is 36.4 Å². The average molecular weight is 570 g/mol. The van der Waals surface area contributed by atoms with Gasteiger partial charge in [0.25, 0.3) is 0 Å². The number of benzene rings is 7. The van der Waals surface area contributed by atoms with Crippen molar-refractivity contribution in [1.82, 2.24) is 0 Å². The second-order valence-corrected chi connectivity index (χ2v) is 9.55. The molecule has 9 aromatic rings. The third kappa shape index (κ3) is 3.68. The van der Waals surface area contributed by atoms with Crippen LogP contribution in [0.5, 0.6) is 0 Å². The van der Waals surface area contributed by atoms with Crippen molar-refractivity contribution in [2.45, 2.75) is 0 Å². The maximum atomic E-state index is 9.79. The Morgan fingerprint density at radius 2 is 1.30 bits per heavy atom. The van der Waals surface area contributed by atoms with Gasteiger partial charge in [-0.3, -0.25) is 0 Å². The highest BCUT2D eigenvalue weighted by atomic mass is 16.3. The van der Waals surface area contributed by atoms with Crippen molar-refractivity contribution in [3.8, 4) is 11.1 Å². The lowest BCUT2D eigenvalue weighted by atomic mass is 10.0. The van der Waals surface area contributed by atoms with Crippen LogP contribution in [-0.4, -0.2) is 0 Å². The van der Waals surface area contributed by atoms with Crippen LogP contribution in [0.2, 0.25) is 0 Å². The zero-order valence-corrected chi connectivity index (χ0v) is 21.8. The summed E-state index contributed by atoms with van der Waals surface area (Å²) in [6.45, 7) is 0. The number of para-hydroxylation sites is 3. The van der Waals surface area contributed by atoms with E-state index in [0.717, 1.165) is 4.90 Å². The van der Waals surface area contributed by atoms with Gasteiger partial charge in [-0.25, -0.2) is 0 Å². The molecule has 0 radical (unpaired) electrons. The molecule has 43 heavy (non-hydrogen) atoms. The Balaban J connectivity index is 1.53. The predicted octanol–water partition coefficient (Wildman–Crippen LogP) is 11.8. The Kier molecular flexibility index (Phi) is 2.66. The molecule has 0 spiro atoms. The topological polar surface area (TPSA) is 29.5 Å². The molecule has 2 heterocycles. The predicted molar refractivity (Wildman–Crippen MR) is 179 cm³/mol. The van der Waals surface area contributed by atoms with Crippen molar-refractivity contribution < 1.29 is 33.5 Å². The Morgan fingerprint density at radius 1 is 0.512 bits per heavy atom. The van der Waals surface area contributed by atoms with Crippen LogP contribution in [0.3, 0.4) is 0 Å². The monoisotopic (exact) mass is 569 g/mol. The molecule has 0 fully saturated rings. The molecule has 3 nitrogen and oxygen atoms in total. The second kappa shape index (κ2) is 9.37. The molecule has 0 amide bonds. The van der Waals surface area contributed by atoms with Gasteiger partial charge in [-0.15, -0.1) is 0 Å². The number of rotatable bonds is 4. The van der Waals surface area contributed by atoms with E-state index < -0.39 is 153 Å². The number of hydrogen-bond acceptors (Lipinski definition) is 3. The van der Waals surface area contributed by atoms with Gasteiger partial charge in [-0.2, -0.15) is 0 Å². The maximum Gasteiger partial charge on any atom is 0.143 e. The van der Waals surface area contributed by atoms with Crippen LogP contribution in [0.15, 0.2) is 160 Å². The van der Waals surface area contributed by atoms with Gasteiger partial charge >= 0.3 is 0 Å². The fourth-order valence-corrected chi connectivity index (χ4v) is 5.33. The molecule has 0 aliphatic rings. The standard InChI is InChI=1S/C40H25NO2/c1-2-13-28(14-3-1)41(35-20-10-22-37-38(35)34-24-23-26-11-4-5-16-30(26)40(34)43-37)29-15-8-12-27(25-29)31-18-9-19-33-32-17-6-7-21-36(32)42-39(31)33/h1-25H/i1D,2D,3D,4D,5D,8D,10D,11D,12D,13D,14D,15D,16D,20D,22D,23D,24D,25D. The van der Waals surface area contributed by atoms with Crippen molar-refractivity contribution in [2.24, 2.45) is 0 Å². The average Bonchev–Trinajstić information content (AvgIpc) is 3.83. The second-order valence-electron chi connectivity index (χ2n) is 9.55. The van der Waals surface area contributed by atoms with Gasteiger partial charge in [0, 0.05) is 38.5 Å². The van der Waals surface area contributed by atoms with E-state index >= 15 is 0 Å². The summed E-state index contributed by atoms with van der Waals surface area (Å²) in [5.74, 6) is 0. The summed E-state index contributed by atoms with van der Waals surface area (Å²) in [4.78, 5) is 0.718. The molecule has 0 N–H and O–H groups in total. The minimum atomic E-state index is -0.930. The first-order valence-electron chi connectivity index (χ1n) is 22.1. The molecule has 0 atom stereocenters. The van der Waals surface area contributed by atoms with Crippen LogP contribution in [0, 0.1) is 0 Å². The Morgan fingerprint density at radius 3 is 2.26 bits per heavy atom. The van der Waals surface area contributed by atoms with Crippen LogP contribution < -0.4 is 4.90 Å². The SMILES string of the molecule is [2H]c1c([2H])c([2H])c(N(c2c([2H])c([2H])c([2H])c(-c3cccc4c3oc3ccccc34)c2[2H])c2c([2H])c([2H])c([2H])c3oc4c5c([2H])c([2H])c([2H])c([2H])c5c([2H])c([2H])c4c23)c([2H])c1[2H]. The minimum absolute atomic E-state index is 0.111. The van der Waals surface area contributed by atoms with E-state index in [1.807, 2.05) is 0 Å². The summed E-state index contributed by atoms with van der Waals surface area (Å²) in [6.07, 6.45) is 0. The van der Waals surface area contributed by atoms with Gasteiger partial charge < -0.3 is 13.7 Å². The van der Waals surface area contributed by atoms with E-state index in [0.29, 0.717) is 16.4 Å².